The van der Waals surface area contributed by atoms with E-state index in [2.05, 4.69) is 40.7 Å². The lowest BCUT2D eigenvalue weighted by Crippen LogP contribution is -2.69. The first kappa shape index (κ1) is 109. The second-order valence-corrected chi connectivity index (χ2v) is 42.1. The minimum Gasteiger partial charge on any atom is -0.462 e. The normalized spacial score (nSPS) is 49.0. The quantitative estimate of drug-likeness (QED) is 0.00942. The van der Waals surface area contributed by atoms with Gasteiger partial charge in [-0.3, -0.25) is 14.4 Å². The SMILES string of the molecule is CC[C@H](C)[C@H](C[C@H](O)CC(=O)O[C@H]1C(C)O[C@@H](OC(=O)[C@]23CCC(C)(C)CC2C2=CCC4C5(C)CC[C@H](O[C@@H]6OC[C@@H](O)[C@H](O[C@@H]7OC[C@@H](O)[C@H](O)C7O)C6O[C@@H]6OC(CO)[C@H](O)[C@H](O)C6O)[C@](C)(C=O)[C@@H]5CC[C@]4(C)[C@]2(C)CC3O)C(O[C@@H]2OC(C)[C@H](O[C@@H]3OC[C@@H](O)C(O[C@@H]4OCC(O)(CO)[C@@H]4O)C3O)C(O)C2O)C1O)OC(=O)C[C@@H](O)C[C@H](O[C@@H]1O[C@@H](CO)C(O)C1O)[C@@H](C)CC. The molecule has 19 unspecified atom stereocenters. The maximum Gasteiger partial charge on any atom is 0.317 e. The number of hydrogen-bond donors (Lipinski definition) is 22. The van der Waals surface area contributed by atoms with E-state index in [0.29, 0.717) is 51.4 Å². The van der Waals surface area contributed by atoms with E-state index < -0.39 is 372 Å². The van der Waals surface area contributed by atoms with Crippen molar-refractivity contribution in [2.75, 3.05) is 46.2 Å². The van der Waals surface area contributed by atoms with Crippen molar-refractivity contribution < 1.29 is 217 Å². The third-order valence-corrected chi connectivity index (χ3v) is 32.9. The van der Waals surface area contributed by atoms with Crippen LogP contribution in [0.1, 0.15) is 179 Å². The summed E-state index contributed by atoms with van der Waals surface area (Å²) in [5.74, 6) is -5.14. The highest BCUT2D eigenvalue weighted by Crippen LogP contribution is 2.76. The number of aliphatic hydroxyl groups excluding tert-OH is 21. The van der Waals surface area contributed by atoms with Crippen molar-refractivity contribution >= 4 is 24.2 Å². The predicted octanol–water partition coefficient (Wildman–Crippen LogP) is -5.14. The second kappa shape index (κ2) is 43.3. The zero-order valence-corrected chi connectivity index (χ0v) is 78.4. The van der Waals surface area contributed by atoms with Crippen LogP contribution >= 0.6 is 0 Å². The predicted molar refractivity (Wildman–Crippen MR) is 451 cm³/mol. The number of carbonyl (C=O) groups is 4. The van der Waals surface area contributed by atoms with Gasteiger partial charge in [-0.2, -0.15) is 0 Å². The lowest BCUT2D eigenvalue weighted by atomic mass is 9.33. The molecule has 0 spiro atoms. The Morgan fingerprint density at radius 3 is 1.67 bits per heavy atom. The first-order chi connectivity index (χ1) is 63.5. The average Bonchev–Trinajstić information content (AvgIpc) is 0.905. The van der Waals surface area contributed by atoms with Crippen LogP contribution < -0.4 is 0 Å². The lowest BCUT2D eigenvalue weighted by Gasteiger charge is -2.71. The Labute approximate surface area is 782 Å². The monoisotopic (exact) mass is 1940 g/mol. The molecule has 776 valence electrons. The fourth-order valence-corrected chi connectivity index (χ4v) is 23.9. The number of allylic oxidation sites excluding steroid dienone is 2. The van der Waals surface area contributed by atoms with Crippen LogP contribution in [-0.4, -0.2) is 428 Å². The van der Waals surface area contributed by atoms with Crippen molar-refractivity contribution in [3.63, 3.8) is 0 Å². The first-order valence-corrected chi connectivity index (χ1v) is 47.7. The van der Waals surface area contributed by atoms with Crippen LogP contribution in [0.4, 0.5) is 0 Å². The molecule has 50 atom stereocenters. The third kappa shape index (κ3) is 21.2. The Kier molecular flexibility index (Phi) is 34.9. The molecule has 12 fully saturated rings. The van der Waals surface area contributed by atoms with E-state index in [1.54, 1.807) is 20.8 Å². The number of rotatable bonds is 34. The summed E-state index contributed by atoms with van der Waals surface area (Å²) < 4.78 is 109. The number of aliphatic hydroxyl groups is 22. The van der Waals surface area contributed by atoms with E-state index >= 15 is 4.79 Å². The Morgan fingerprint density at radius 2 is 1.03 bits per heavy atom. The van der Waals surface area contributed by atoms with E-state index in [1.165, 1.54) is 13.8 Å². The van der Waals surface area contributed by atoms with Crippen LogP contribution in [0.5, 0.6) is 0 Å². The fraction of sp³-hybridized carbons (Fsp3) is 0.934. The summed E-state index contributed by atoms with van der Waals surface area (Å²) in [5, 5.41) is 245. The summed E-state index contributed by atoms with van der Waals surface area (Å²) in [6.07, 6.45) is -59.8. The smallest absolute Gasteiger partial charge is 0.317 e. The van der Waals surface area contributed by atoms with E-state index in [9.17, 15) is 127 Å². The maximum atomic E-state index is 16.3. The Hall–Kier alpha value is -3.66. The van der Waals surface area contributed by atoms with E-state index in [4.69, 9.17) is 85.3 Å². The highest BCUT2D eigenvalue weighted by atomic mass is 16.8. The third-order valence-electron chi connectivity index (χ3n) is 32.9. The molecule has 0 bridgehead atoms. The Bertz CT molecular complexity index is 3950. The summed E-state index contributed by atoms with van der Waals surface area (Å²) in [5.41, 5.74) is -7.15. The molecular weight excluding hydrogens is 1800 g/mol. The van der Waals surface area contributed by atoms with Gasteiger partial charge < -0.3 is 202 Å². The molecule has 0 aromatic carbocycles. The van der Waals surface area contributed by atoms with Gasteiger partial charge in [0, 0.05) is 12.8 Å². The first-order valence-electron chi connectivity index (χ1n) is 47.7. The van der Waals surface area contributed by atoms with E-state index in [1.807, 2.05) is 13.8 Å². The van der Waals surface area contributed by atoms with Crippen LogP contribution in [0.3, 0.4) is 0 Å². The van der Waals surface area contributed by atoms with Gasteiger partial charge in [-0.15, -0.1) is 0 Å². The van der Waals surface area contributed by atoms with Gasteiger partial charge in [-0.1, -0.05) is 93.7 Å². The van der Waals surface area contributed by atoms with Crippen molar-refractivity contribution in [3.8, 4) is 0 Å². The van der Waals surface area contributed by atoms with Gasteiger partial charge in [0.2, 0.25) is 6.29 Å². The molecule has 8 saturated heterocycles. The summed E-state index contributed by atoms with van der Waals surface area (Å²) in [6.45, 7) is 17.7. The van der Waals surface area contributed by atoms with Crippen LogP contribution in [0.2, 0.25) is 0 Å². The van der Waals surface area contributed by atoms with Gasteiger partial charge in [-0.05, 0) is 123 Å². The summed E-state index contributed by atoms with van der Waals surface area (Å²) in [6, 6.07) is 0. The lowest BCUT2D eigenvalue weighted by molar-refractivity contribution is -0.384. The molecule has 44 heteroatoms. The Balaban J connectivity index is 0.739. The van der Waals surface area contributed by atoms with Crippen molar-refractivity contribution in [3.05, 3.63) is 11.6 Å². The molecule has 0 aromatic heterocycles. The molecule has 0 aromatic rings. The molecule has 4 saturated carbocycles. The highest BCUT2D eigenvalue weighted by Gasteiger charge is 2.74. The molecule has 135 heavy (non-hydrogen) atoms. The maximum absolute atomic E-state index is 16.3. The molecule has 13 aliphatic rings. The largest absolute Gasteiger partial charge is 0.462 e. The van der Waals surface area contributed by atoms with Gasteiger partial charge in [0.05, 0.1) is 107 Å². The molecule has 44 nitrogen and oxygen atoms in total. The molecule has 0 amide bonds. The van der Waals surface area contributed by atoms with Gasteiger partial charge >= 0.3 is 17.9 Å². The number of aldehydes is 1. The van der Waals surface area contributed by atoms with Crippen molar-refractivity contribution in [1.29, 1.82) is 0 Å². The minimum atomic E-state index is -2.19. The van der Waals surface area contributed by atoms with Gasteiger partial charge in [0.1, 0.15) is 152 Å². The van der Waals surface area contributed by atoms with Crippen molar-refractivity contribution in [2.45, 2.75) is 425 Å². The standard InChI is InChI=1S/C91H148O44/c1-13-37(3)48(124-56(102)25-42(97)24-49(38(4)14-2)125-79-64(110)60(106)51(30-93)126-79)23-41(96)26-57(103)129-70-40(6)123-82(73(67(70)113)133-78-66(112)62(108)69(39(5)122-78)130-77-68(114)71(46(99)32-119-77)131-83-75(115)90(117,35-95)36-121-83)135-84(116)91-22-21-85(7,8)27-44(91)43-15-16-53-86(9)19-18-55(87(10,34-94)52(86)17-20-88(53,11)89(43,12)28-54(91)101)128-81-74(134-80-65(111)61(107)59(105)50(29-92)127-80)72(47(100)33-120-81)132-76-63(109)58(104)45(98)31-118-76/h15,34,37-42,44-55,58-83,92-93,95-101,104-115,117H,13-14,16-33,35-36H2,1-12H3/t37-,38-,39?,40?,41-,42-,44?,45+,46+,47+,48-,49-,50?,51-,52+,53?,54?,55-,58-,59-,60?,61-,62?,63?,64?,65?,66?,67?,68?,69-,70-,71?,72-,73?,74?,75+,76-,77-,78-,79+,80-,81-,82-,83-,86?,87+,88-,89+,90?,91+/m0/s1. The van der Waals surface area contributed by atoms with E-state index in [0.717, 1.165) is 11.9 Å². The second-order valence-electron chi connectivity index (χ2n) is 42.1. The topological polar surface area (TPSA) is 679 Å². The zero-order chi connectivity index (χ0) is 98.9. The molecule has 0 radical (unpaired) electrons. The Morgan fingerprint density at radius 1 is 0.496 bits per heavy atom. The number of fused-ring (bicyclic) bond motifs is 7. The van der Waals surface area contributed by atoms with E-state index in [-0.39, 0.29) is 43.9 Å². The van der Waals surface area contributed by atoms with Crippen molar-refractivity contribution in [1.82, 2.24) is 0 Å². The molecular formula is C91H148O44. The molecule has 5 aliphatic carbocycles. The molecule has 13 rings (SSSR count). The number of carbonyl (C=O) groups excluding carboxylic acids is 4. The average molecular weight is 1950 g/mol. The van der Waals surface area contributed by atoms with Gasteiger partial charge in [-0.25, -0.2) is 0 Å². The molecule has 22 N–H and O–H groups in total. The summed E-state index contributed by atoms with van der Waals surface area (Å²) in [4.78, 5) is 58.8. The van der Waals surface area contributed by atoms with Crippen LogP contribution in [-0.2, 0) is 104 Å². The number of ether oxygens (including phenoxy) is 18. The van der Waals surface area contributed by atoms with Crippen LogP contribution in [0, 0.1) is 62.1 Å². The number of hydrogen-bond acceptors (Lipinski definition) is 44. The minimum absolute atomic E-state index is 0.00868. The van der Waals surface area contributed by atoms with Gasteiger partial charge in [0.15, 0.2) is 56.2 Å². The van der Waals surface area contributed by atoms with Crippen LogP contribution in [0.25, 0.3) is 0 Å². The molecule has 8 heterocycles. The highest BCUT2D eigenvalue weighted by molar-refractivity contribution is 5.80. The fourth-order valence-electron chi connectivity index (χ4n) is 23.9. The van der Waals surface area contributed by atoms with Gasteiger partial charge in [0.25, 0.3) is 0 Å². The number of esters is 3. The summed E-state index contributed by atoms with van der Waals surface area (Å²) >= 11 is 0. The summed E-state index contributed by atoms with van der Waals surface area (Å²) in [7, 11) is 0. The van der Waals surface area contributed by atoms with Crippen molar-refractivity contribution in [2.24, 2.45) is 62.1 Å². The van der Waals surface area contributed by atoms with Crippen LogP contribution in [0.15, 0.2) is 11.6 Å². The molecule has 8 aliphatic heterocycles. The zero-order valence-electron chi connectivity index (χ0n) is 78.4.